The van der Waals surface area contributed by atoms with Gasteiger partial charge < -0.3 is 9.84 Å². The Balaban J connectivity index is 2.35. The van der Waals surface area contributed by atoms with E-state index in [-0.39, 0.29) is 5.82 Å². The number of halogens is 2. The predicted octanol–water partition coefficient (Wildman–Crippen LogP) is 4.38. The van der Waals surface area contributed by atoms with Gasteiger partial charge in [0.15, 0.2) is 0 Å². The first-order valence-electron chi connectivity index (χ1n) is 6.39. The van der Waals surface area contributed by atoms with Crippen LogP contribution in [0.2, 0.25) is 0 Å². The molecule has 2 aromatic carbocycles. The highest BCUT2D eigenvalue weighted by Gasteiger charge is 2.16. The van der Waals surface area contributed by atoms with Gasteiger partial charge in [-0.25, -0.2) is 4.39 Å². The zero-order valence-corrected chi connectivity index (χ0v) is 12.9. The van der Waals surface area contributed by atoms with E-state index >= 15 is 0 Å². The Labute approximate surface area is 126 Å². The third-order valence-electron chi connectivity index (χ3n) is 3.10. The van der Waals surface area contributed by atoms with Crippen molar-refractivity contribution in [2.45, 2.75) is 20.0 Å². The molecule has 1 unspecified atom stereocenters. The minimum atomic E-state index is -0.805. The van der Waals surface area contributed by atoms with Crippen LogP contribution in [0.3, 0.4) is 0 Å². The van der Waals surface area contributed by atoms with E-state index in [1.165, 1.54) is 12.1 Å². The zero-order chi connectivity index (χ0) is 14.7. The van der Waals surface area contributed by atoms with Crippen molar-refractivity contribution < 1.29 is 14.2 Å². The van der Waals surface area contributed by atoms with Gasteiger partial charge in [-0.2, -0.15) is 0 Å². The Morgan fingerprint density at radius 3 is 2.50 bits per heavy atom. The lowest BCUT2D eigenvalue weighted by molar-refractivity contribution is 0.218. The molecule has 0 heterocycles. The van der Waals surface area contributed by atoms with Crippen LogP contribution in [0.25, 0.3) is 0 Å². The minimum absolute atomic E-state index is 0.302. The molecule has 1 N–H and O–H groups in total. The number of hydrogen-bond acceptors (Lipinski definition) is 2. The van der Waals surface area contributed by atoms with Crippen molar-refractivity contribution in [2.75, 3.05) is 6.61 Å². The fourth-order valence-corrected chi connectivity index (χ4v) is 2.67. The highest BCUT2D eigenvalue weighted by Crippen LogP contribution is 2.32. The van der Waals surface area contributed by atoms with Crippen LogP contribution in [0.5, 0.6) is 5.75 Å². The van der Waals surface area contributed by atoms with Crippen molar-refractivity contribution in [3.8, 4) is 5.75 Å². The quantitative estimate of drug-likeness (QED) is 0.896. The van der Waals surface area contributed by atoms with Gasteiger partial charge in [0.2, 0.25) is 0 Å². The molecule has 0 spiro atoms. The predicted molar refractivity (Wildman–Crippen MR) is 80.5 cm³/mol. The number of benzene rings is 2. The fourth-order valence-electron chi connectivity index (χ4n) is 2.10. The lowest BCUT2D eigenvalue weighted by atomic mass is 9.97. The number of aliphatic hydroxyl groups excluding tert-OH is 1. The standard InChI is InChI=1S/C16H16BrFO2/c1-3-20-12-5-7-14(15(17)9-12)16(19)13-6-4-11(18)8-10(13)2/h4-9,16,19H,3H2,1-2H3. The van der Waals surface area contributed by atoms with Gasteiger partial charge in [0, 0.05) is 4.47 Å². The van der Waals surface area contributed by atoms with Crippen LogP contribution in [0.15, 0.2) is 40.9 Å². The maximum atomic E-state index is 13.1. The summed E-state index contributed by atoms with van der Waals surface area (Å²) in [4.78, 5) is 0. The molecule has 4 heteroatoms. The molecule has 0 fully saturated rings. The van der Waals surface area contributed by atoms with Gasteiger partial charge in [-0.3, -0.25) is 0 Å². The number of aryl methyl sites for hydroxylation is 1. The highest BCUT2D eigenvalue weighted by atomic mass is 79.9. The highest BCUT2D eigenvalue weighted by molar-refractivity contribution is 9.10. The summed E-state index contributed by atoms with van der Waals surface area (Å²) < 4.78 is 19.3. The van der Waals surface area contributed by atoms with Crippen molar-refractivity contribution in [3.05, 3.63) is 63.4 Å². The summed E-state index contributed by atoms with van der Waals surface area (Å²) in [5.41, 5.74) is 2.14. The zero-order valence-electron chi connectivity index (χ0n) is 11.4. The first kappa shape index (κ1) is 15.0. The van der Waals surface area contributed by atoms with E-state index in [1.54, 1.807) is 13.0 Å². The van der Waals surface area contributed by atoms with Crippen LogP contribution in [-0.2, 0) is 0 Å². The molecule has 0 saturated heterocycles. The van der Waals surface area contributed by atoms with E-state index in [1.807, 2.05) is 25.1 Å². The number of ether oxygens (including phenoxy) is 1. The van der Waals surface area contributed by atoms with Crippen molar-refractivity contribution in [1.82, 2.24) is 0 Å². The average molecular weight is 339 g/mol. The SMILES string of the molecule is CCOc1ccc(C(O)c2ccc(F)cc2C)c(Br)c1. The molecule has 0 radical (unpaired) electrons. The van der Waals surface area contributed by atoms with E-state index in [4.69, 9.17) is 4.74 Å². The third-order valence-corrected chi connectivity index (χ3v) is 3.79. The Hall–Kier alpha value is -1.39. The Morgan fingerprint density at radius 1 is 1.20 bits per heavy atom. The van der Waals surface area contributed by atoms with E-state index in [0.717, 1.165) is 21.3 Å². The summed E-state index contributed by atoms with van der Waals surface area (Å²) in [6, 6.07) is 9.82. The summed E-state index contributed by atoms with van der Waals surface area (Å²) in [5, 5.41) is 10.5. The first-order valence-corrected chi connectivity index (χ1v) is 7.18. The molecule has 0 aliphatic heterocycles. The van der Waals surface area contributed by atoms with Crippen molar-refractivity contribution >= 4 is 15.9 Å². The molecule has 0 aliphatic carbocycles. The van der Waals surface area contributed by atoms with Crippen molar-refractivity contribution in [2.24, 2.45) is 0 Å². The molecule has 0 bridgehead atoms. The molecule has 2 rings (SSSR count). The molecule has 106 valence electrons. The maximum absolute atomic E-state index is 13.1. The average Bonchev–Trinajstić information content (AvgIpc) is 2.38. The fraction of sp³-hybridized carbons (Fsp3) is 0.250. The Kier molecular flexibility index (Phi) is 4.78. The summed E-state index contributed by atoms with van der Waals surface area (Å²) in [6.45, 7) is 4.29. The summed E-state index contributed by atoms with van der Waals surface area (Å²) >= 11 is 3.44. The second-order valence-electron chi connectivity index (χ2n) is 4.52. The molecule has 20 heavy (non-hydrogen) atoms. The van der Waals surface area contributed by atoms with Gasteiger partial charge in [0.1, 0.15) is 17.7 Å². The second kappa shape index (κ2) is 6.37. The lowest BCUT2D eigenvalue weighted by Crippen LogP contribution is -2.04. The molecule has 0 aliphatic rings. The molecule has 0 aromatic heterocycles. The normalized spacial score (nSPS) is 12.2. The molecule has 2 aromatic rings. The van der Waals surface area contributed by atoms with E-state index in [0.29, 0.717) is 12.2 Å². The molecular weight excluding hydrogens is 323 g/mol. The number of hydrogen-bond donors (Lipinski definition) is 1. The number of rotatable bonds is 4. The third kappa shape index (κ3) is 3.19. The van der Waals surface area contributed by atoms with Gasteiger partial charge in [-0.15, -0.1) is 0 Å². The Morgan fingerprint density at radius 2 is 1.90 bits per heavy atom. The molecular formula is C16H16BrFO2. The maximum Gasteiger partial charge on any atom is 0.123 e. The van der Waals surface area contributed by atoms with Crippen molar-refractivity contribution in [3.63, 3.8) is 0 Å². The van der Waals surface area contributed by atoms with Crippen LogP contribution in [0.4, 0.5) is 4.39 Å². The molecule has 0 amide bonds. The van der Waals surface area contributed by atoms with Gasteiger partial charge in [-0.1, -0.05) is 28.1 Å². The van der Waals surface area contributed by atoms with E-state index < -0.39 is 6.10 Å². The van der Waals surface area contributed by atoms with Gasteiger partial charge in [-0.05, 0) is 54.8 Å². The van der Waals surface area contributed by atoms with E-state index in [2.05, 4.69) is 15.9 Å². The molecule has 2 nitrogen and oxygen atoms in total. The summed E-state index contributed by atoms with van der Waals surface area (Å²) in [6.07, 6.45) is -0.805. The van der Waals surface area contributed by atoms with Crippen LogP contribution < -0.4 is 4.74 Å². The monoisotopic (exact) mass is 338 g/mol. The topological polar surface area (TPSA) is 29.5 Å². The van der Waals surface area contributed by atoms with Gasteiger partial charge >= 0.3 is 0 Å². The molecule has 1 atom stereocenters. The van der Waals surface area contributed by atoms with Crippen LogP contribution in [-0.4, -0.2) is 11.7 Å². The van der Waals surface area contributed by atoms with Gasteiger partial charge in [0.05, 0.1) is 6.61 Å². The summed E-state index contributed by atoms with van der Waals surface area (Å²) in [7, 11) is 0. The lowest BCUT2D eigenvalue weighted by Gasteiger charge is -2.16. The molecule has 0 saturated carbocycles. The minimum Gasteiger partial charge on any atom is -0.494 e. The largest absolute Gasteiger partial charge is 0.494 e. The van der Waals surface area contributed by atoms with E-state index in [9.17, 15) is 9.50 Å². The van der Waals surface area contributed by atoms with Crippen LogP contribution >= 0.6 is 15.9 Å². The second-order valence-corrected chi connectivity index (χ2v) is 5.37. The number of aliphatic hydroxyl groups is 1. The summed E-state index contributed by atoms with van der Waals surface area (Å²) in [5.74, 6) is 0.440. The smallest absolute Gasteiger partial charge is 0.123 e. The van der Waals surface area contributed by atoms with Crippen LogP contribution in [0.1, 0.15) is 29.7 Å². The van der Waals surface area contributed by atoms with Crippen LogP contribution in [0, 0.1) is 12.7 Å². The van der Waals surface area contributed by atoms with Crippen molar-refractivity contribution in [1.29, 1.82) is 0 Å². The Bertz CT molecular complexity index is 613. The van der Waals surface area contributed by atoms with Gasteiger partial charge in [0.25, 0.3) is 0 Å². The first-order chi connectivity index (χ1) is 9.52.